The van der Waals surface area contributed by atoms with Crippen LogP contribution in [0.2, 0.25) is 0 Å². The molecule has 0 aliphatic heterocycles. The minimum absolute atomic E-state index is 0.164. The number of hydrogen-bond donors (Lipinski definition) is 2. The van der Waals surface area contributed by atoms with Crippen LogP contribution in [0.25, 0.3) is 10.9 Å². The van der Waals surface area contributed by atoms with E-state index in [9.17, 15) is 4.79 Å². The fraction of sp³-hybridized carbons (Fsp3) is 0.0870. The fourth-order valence-electron chi connectivity index (χ4n) is 3.13. The van der Waals surface area contributed by atoms with Crippen LogP contribution in [0.4, 0.5) is 17.2 Å². The van der Waals surface area contributed by atoms with E-state index in [4.69, 9.17) is 0 Å². The van der Waals surface area contributed by atoms with Gasteiger partial charge in [-0.2, -0.15) is 0 Å². The highest BCUT2D eigenvalue weighted by molar-refractivity contribution is 6.05. The van der Waals surface area contributed by atoms with Crippen LogP contribution in [0.5, 0.6) is 0 Å². The Balaban J connectivity index is 1.58. The Morgan fingerprint density at radius 3 is 2.61 bits per heavy atom. The second-order valence-electron chi connectivity index (χ2n) is 6.40. The molecule has 138 valence electrons. The molecule has 5 nitrogen and oxygen atoms in total. The summed E-state index contributed by atoms with van der Waals surface area (Å²) in [5.41, 5.74) is 4.18. The van der Waals surface area contributed by atoms with Gasteiger partial charge in [-0.15, -0.1) is 0 Å². The average Bonchev–Trinajstić information content (AvgIpc) is 2.74. The quantitative estimate of drug-likeness (QED) is 0.509. The second kappa shape index (κ2) is 7.88. The Labute approximate surface area is 163 Å². The molecule has 0 unspecified atom stereocenters. The van der Waals surface area contributed by atoms with Crippen molar-refractivity contribution < 1.29 is 4.79 Å². The number of rotatable bonds is 5. The number of fused-ring (bicyclic) bond motifs is 1. The van der Waals surface area contributed by atoms with E-state index in [0.717, 1.165) is 34.3 Å². The van der Waals surface area contributed by atoms with Crippen molar-refractivity contribution >= 4 is 34.0 Å². The summed E-state index contributed by atoms with van der Waals surface area (Å²) < 4.78 is 0. The number of amides is 1. The van der Waals surface area contributed by atoms with Crippen LogP contribution in [0, 0.1) is 0 Å². The van der Waals surface area contributed by atoms with E-state index in [1.165, 1.54) is 0 Å². The Bertz CT molecular complexity index is 1130. The maximum Gasteiger partial charge on any atom is 0.255 e. The van der Waals surface area contributed by atoms with Gasteiger partial charge in [0.1, 0.15) is 5.82 Å². The van der Waals surface area contributed by atoms with Gasteiger partial charge in [0.05, 0.1) is 11.2 Å². The Hall–Kier alpha value is -3.73. The van der Waals surface area contributed by atoms with E-state index in [2.05, 4.69) is 27.5 Å². The topological polar surface area (TPSA) is 66.9 Å². The number of aryl methyl sites for hydroxylation is 1. The molecule has 0 aliphatic rings. The third-order valence-electron chi connectivity index (χ3n) is 4.56. The van der Waals surface area contributed by atoms with Crippen LogP contribution in [-0.2, 0) is 6.42 Å². The monoisotopic (exact) mass is 368 g/mol. The number of pyridine rings is 2. The summed E-state index contributed by atoms with van der Waals surface area (Å²) in [6.45, 7) is 2.07. The van der Waals surface area contributed by atoms with Crippen molar-refractivity contribution in [3.8, 4) is 0 Å². The van der Waals surface area contributed by atoms with Crippen LogP contribution in [0.1, 0.15) is 22.8 Å². The van der Waals surface area contributed by atoms with Crippen molar-refractivity contribution in [2.45, 2.75) is 13.3 Å². The lowest BCUT2D eigenvalue weighted by molar-refractivity contribution is 0.102. The highest BCUT2D eigenvalue weighted by atomic mass is 16.1. The van der Waals surface area contributed by atoms with Crippen LogP contribution >= 0.6 is 0 Å². The number of carbonyl (C=O) groups is 1. The Morgan fingerprint density at radius 1 is 0.893 bits per heavy atom. The van der Waals surface area contributed by atoms with E-state index in [-0.39, 0.29) is 5.91 Å². The van der Waals surface area contributed by atoms with Gasteiger partial charge in [0.15, 0.2) is 0 Å². The van der Waals surface area contributed by atoms with Gasteiger partial charge < -0.3 is 10.6 Å². The van der Waals surface area contributed by atoms with E-state index in [0.29, 0.717) is 11.4 Å². The number of anilines is 3. The van der Waals surface area contributed by atoms with E-state index >= 15 is 0 Å². The smallest absolute Gasteiger partial charge is 0.255 e. The second-order valence-corrected chi connectivity index (χ2v) is 6.40. The first-order valence-electron chi connectivity index (χ1n) is 9.20. The molecule has 2 aromatic heterocycles. The van der Waals surface area contributed by atoms with Gasteiger partial charge in [-0.25, -0.2) is 4.98 Å². The maximum absolute atomic E-state index is 12.7. The third kappa shape index (κ3) is 3.69. The van der Waals surface area contributed by atoms with E-state index in [1.54, 1.807) is 24.5 Å². The SMILES string of the molecule is CCc1ccccc1NC(=O)c1ccnc(Nc2cccc3cccnc23)c1. The molecule has 4 rings (SSSR count). The zero-order valence-electron chi connectivity index (χ0n) is 15.5. The highest BCUT2D eigenvalue weighted by Crippen LogP contribution is 2.24. The van der Waals surface area contributed by atoms with Crippen molar-refractivity contribution in [1.29, 1.82) is 0 Å². The van der Waals surface area contributed by atoms with Crippen LogP contribution in [0.15, 0.2) is 79.1 Å². The molecule has 0 radical (unpaired) electrons. The molecule has 2 N–H and O–H groups in total. The molecular weight excluding hydrogens is 348 g/mol. The molecular formula is C23H20N4O. The summed E-state index contributed by atoms with van der Waals surface area (Å²) in [5.74, 6) is 0.428. The van der Waals surface area contributed by atoms with Crippen LogP contribution in [-0.4, -0.2) is 15.9 Å². The molecule has 2 aromatic carbocycles. The van der Waals surface area contributed by atoms with Crippen molar-refractivity contribution in [2.24, 2.45) is 0 Å². The first kappa shape index (κ1) is 17.7. The average molecular weight is 368 g/mol. The molecule has 28 heavy (non-hydrogen) atoms. The number of hydrogen-bond acceptors (Lipinski definition) is 4. The molecule has 4 aromatic rings. The predicted molar refractivity (Wildman–Crippen MR) is 113 cm³/mol. The lowest BCUT2D eigenvalue weighted by Gasteiger charge is -2.11. The molecule has 0 saturated heterocycles. The zero-order valence-corrected chi connectivity index (χ0v) is 15.5. The summed E-state index contributed by atoms with van der Waals surface area (Å²) in [5, 5.41) is 7.31. The van der Waals surface area contributed by atoms with Crippen molar-refractivity contribution in [3.63, 3.8) is 0 Å². The third-order valence-corrected chi connectivity index (χ3v) is 4.56. The van der Waals surface area contributed by atoms with Gasteiger partial charge in [0.2, 0.25) is 0 Å². The number of aromatic nitrogens is 2. The summed E-state index contributed by atoms with van der Waals surface area (Å²) >= 11 is 0. The summed E-state index contributed by atoms with van der Waals surface area (Å²) in [6.07, 6.45) is 4.24. The molecule has 5 heteroatoms. The van der Waals surface area contributed by atoms with Crippen LogP contribution in [0.3, 0.4) is 0 Å². The van der Waals surface area contributed by atoms with E-state index < -0.39 is 0 Å². The first-order chi connectivity index (χ1) is 13.7. The minimum atomic E-state index is -0.164. The van der Waals surface area contributed by atoms with Gasteiger partial charge in [-0.3, -0.25) is 9.78 Å². The van der Waals surface area contributed by atoms with Crippen molar-refractivity contribution in [3.05, 3.63) is 90.3 Å². The van der Waals surface area contributed by atoms with Gasteiger partial charge in [-0.05, 0) is 42.3 Å². The lowest BCUT2D eigenvalue weighted by atomic mass is 10.1. The summed E-state index contributed by atoms with van der Waals surface area (Å²) in [6, 6.07) is 21.1. The standard InChI is InChI=1S/C23H20N4O/c1-2-16-7-3-4-10-19(16)27-23(28)18-12-14-24-21(15-18)26-20-11-5-8-17-9-6-13-25-22(17)20/h3-15H,2H2,1H3,(H,24,26)(H,27,28). The lowest BCUT2D eigenvalue weighted by Crippen LogP contribution is -2.13. The number of carbonyl (C=O) groups excluding carboxylic acids is 1. The maximum atomic E-state index is 12.7. The molecule has 0 aliphatic carbocycles. The molecule has 0 fully saturated rings. The fourth-order valence-corrected chi connectivity index (χ4v) is 3.13. The van der Waals surface area contributed by atoms with Crippen molar-refractivity contribution in [1.82, 2.24) is 9.97 Å². The zero-order chi connectivity index (χ0) is 19.3. The summed E-state index contributed by atoms with van der Waals surface area (Å²) in [4.78, 5) is 21.5. The number of para-hydroxylation sites is 2. The highest BCUT2D eigenvalue weighted by Gasteiger charge is 2.10. The molecule has 2 heterocycles. The normalized spacial score (nSPS) is 10.6. The van der Waals surface area contributed by atoms with Crippen molar-refractivity contribution in [2.75, 3.05) is 10.6 Å². The summed E-state index contributed by atoms with van der Waals surface area (Å²) in [7, 11) is 0. The largest absolute Gasteiger partial charge is 0.338 e. The minimum Gasteiger partial charge on any atom is -0.338 e. The predicted octanol–water partition coefficient (Wildman–Crippen LogP) is 5.19. The Morgan fingerprint density at radius 2 is 1.71 bits per heavy atom. The van der Waals surface area contributed by atoms with Crippen LogP contribution < -0.4 is 10.6 Å². The number of nitrogens with one attached hydrogen (secondary N) is 2. The molecule has 0 atom stereocenters. The number of nitrogens with zero attached hydrogens (tertiary/aromatic N) is 2. The molecule has 0 spiro atoms. The van der Waals surface area contributed by atoms with E-state index in [1.807, 2.05) is 54.6 Å². The first-order valence-corrected chi connectivity index (χ1v) is 9.20. The molecule has 0 bridgehead atoms. The molecule has 1 amide bonds. The number of benzene rings is 2. The molecule has 0 saturated carbocycles. The van der Waals surface area contributed by atoms with Gasteiger partial charge in [-0.1, -0.05) is 43.3 Å². The van der Waals surface area contributed by atoms with Gasteiger partial charge in [0.25, 0.3) is 5.91 Å². The Kier molecular flexibility index (Phi) is 4.97. The van der Waals surface area contributed by atoms with Gasteiger partial charge >= 0.3 is 0 Å². The van der Waals surface area contributed by atoms with Gasteiger partial charge in [0, 0.05) is 29.0 Å².